The lowest BCUT2D eigenvalue weighted by Gasteiger charge is -2.20. The summed E-state index contributed by atoms with van der Waals surface area (Å²) < 4.78 is 39.9. The monoisotopic (exact) mass is 378 g/mol. The SMILES string of the molecule is CCC(NC(=O)c1ccc(NS(=O)(=O)c2ccc(F)cc2)cc1)C(C)C. The van der Waals surface area contributed by atoms with Gasteiger partial charge in [0, 0.05) is 17.3 Å². The molecule has 0 saturated heterocycles. The molecule has 5 nitrogen and oxygen atoms in total. The first-order chi connectivity index (χ1) is 12.2. The Morgan fingerprint density at radius 2 is 1.62 bits per heavy atom. The van der Waals surface area contributed by atoms with Crippen molar-refractivity contribution in [1.29, 1.82) is 0 Å². The summed E-state index contributed by atoms with van der Waals surface area (Å²) in [5, 5.41) is 2.97. The molecule has 0 aliphatic heterocycles. The largest absolute Gasteiger partial charge is 0.349 e. The Morgan fingerprint density at radius 1 is 1.04 bits per heavy atom. The van der Waals surface area contributed by atoms with Crippen LogP contribution in [-0.4, -0.2) is 20.4 Å². The zero-order valence-electron chi connectivity index (χ0n) is 15.0. The van der Waals surface area contributed by atoms with Crippen LogP contribution in [0.3, 0.4) is 0 Å². The molecule has 2 rings (SSSR count). The second-order valence-corrected chi connectivity index (χ2v) is 8.05. The van der Waals surface area contributed by atoms with Gasteiger partial charge in [0.05, 0.1) is 4.90 Å². The minimum atomic E-state index is -3.81. The number of anilines is 1. The van der Waals surface area contributed by atoms with Crippen molar-refractivity contribution in [2.24, 2.45) is 5.92 Å². The van der Waals surface area contributed by atoms with E-state index in [9.17, 15) is 17.6 Å². The lowest BCUT2D eigenvalue weighted by Crippen LogP contribution is -2.37. The van der Waals surface area contributed by atoms with Gasteiger partial charge in [-0.3, -0.25) is 9.52 Å². The van der Waals surface area contributed by atoms with Crippen molar-refractivity contribution in [2.75, 3.05) is 4.72 Å². The van der Waals surface area contributed by atoms with Crippen LogP contribution in [0, 0.1) is 11.7 Å². The van der Waals surface area contributed by atoms with E-state index in [0.29, 0.717) is 17.2 Å². The number of rotatable bonds is 7. The van der Waals surface area contributed by atoms with Crippen LogP contribution in [0.2, 0.25) is 0 Å². The number of benzene rings is 2. The predicted molar refractivity (Wildman–Crippen MR) is 100 cm³/mol. The standard InChI is InChI=1S/C19H23FN2O3S/c1-4-18(13(2)3)21-19(23)14-5-9-16(10-6-14)22-26(24,25)17-11-7-15(20)8-12-17/h5-13,18,22H,4H2,1-3H3,(H,21,23). The van der Waals surface area contributed by atoms with E-state index in [4.69, 9.17) is 0 Å². The van der Waals surface area contributed by atoms with E-state index in [2.05, 4.69) is 10.0 Å². The van der Waals surface area contributed by atoms with Gasteiger partial charge in [0.15, 0.2) is 0 Å². The molecule has 1 unspecified atom stereocenters. The van der Waals surface area contributed by atoms with E-state index in [1.54, 1.807) is 12.1 Å². The Morgan fingerprint density at radius 3 is 2.12 bits per heavy atom. The number of carbonyl (C=O) groups is 1. The fraction of sp³-hybridized carbons (Fsp3) is 0.316. The van der Waals surface area contributed by atoms with Crippen LogP contribution in [0.25, 0.3) is 0 Å². The van der Waals surface area contributed by atoms with Crippen LogP contribution < -0.4 is 10.0 Å². The number of nitrogens with one attached hydrogen (secondary N) is 2. The first-order valence-corrected chi connectivity index (χ1v) is 9.90. The van der Waals surface area contributed by atoms with E-state index in [1.165, 1.54) is 24.3 Å². The molecule has 0 saturated carbocycles. The smallest absolute Gasteiger partial charge is 0.261 e. The maximum atomic E-state index is 12.9. The van der Waals surface area contributed by atoms with Gasteiger partial charge in [0.2, 0.25) is 0 Å². The molecule has 1 atom stereocenters. The van der Waals surface area contributed by atoms with Gasteiger partial charge in [-0.05, 0) is 60.9 Å². The van der Waals surface area contributed by atoms with Gasteiger partial charge in [0.1, 0.15) is 5.82 Å². The highest BCUT2D eigenvalue weighted by Gasteiger charge is 2.17. The molecule has 140 valence electrons. The fourth-order valence-electron chi connectivity index (χ4n) is 2.51. The second kappa shape index (κ2) is 8.31. The molecule has 0 aliphatic carbocycles. The molecular formula is C19H23FN2O3S. The molecule has 0 aromatic heterocycles. The number of carbonyl (C=O) groups excluding carboxylic acids is 1. The summed E-state index contributed by atoms with van der Waals surface area (Å²) >= 11 is 0. The molecular weight excluding hydrogens is 355 g/mol. The van der Waals surface area contributed by atoms with E-state index in [0.717, 1.165) is 18.6 Å². The summed E-state index contributed by atoms with van der Waals surface area (Å²) in [4.78, 5) is 12.2. The highest BCUT2D eigenvalue weighted by Crippen LogP contribution is 2.17. The van der Waals surface area contributed by atoms with Crippen molar-refractivity contribution in [3.05, 3.63) is 59.9 Å². The van der Waals surface area contributed by atoms with E-state index in [-0.39, 0.29) is 16.8 Å². The molecule has 2 aromatic rings. The van der Waals surface area contributed by atoms with Crippen LogP contribution in [0.1, 0.15) is 37.6 Å². The highest BCUT2D eigenvalue weighted by atomic mass is 32.2. The molecule has 7 heteroatoms. The lowest BCUT2D eigenvalue weighted by molar-refractivity contribution is 0.0924. The van der Waals surface area contributed by atoms with Crippen molar-refractivity contribution < 1.29 is 17.6 Å². The first kappa shape index (κ1) is 19.9. The summed E-state index contributed by atoms with van der Waals surface area (Å²) in [7, 11) is -3.81. The number of hydrogen-bond donors (Lipinski definition) is 2. The van der Waals surface area contributed by atoms with Gasteiger partial charge in [-0.25, -0.2) is 12.8 Å². The molecule has 0 bridgehead atoms. The van der Waals surface area contributed by atoms with Crippen molar-refractivity contribution in [1.82, 2.24) is 5.32 Å². The lowest BCUT2D eigenvalue weighted by atomic mass is 10.0. The molecule has 0 aliphatic rings. The molecule has 1 amide bonds. The Labute approximate surface area is 153 Å². The third-order valence-corrected chi connectivity index (χ3v) is 5.48. The summed E-state index contributed by atoms with van der Waals surface area (Å²) in [6, 6.07) is 10.8. The fourth-order valence-corrected chi connectivity index (χ4v) is 3.57. The van der Waals surface area contributed by atoms with Gasteiger partial charge < -0.3 is 5.32 Å². The maximum Gasteiger partial charge on any atom is 0.261 e. The Bertz CT molecular complexity index is 847. The Hall–Kier alpha value is -2.41. The van der Waals surface area contributed by atoms with Crippen molar-refractivity contribution in [3.63, 3.8) is 0 Å². The van der Waals surface area contributed by atoms with Gasteiger partial charge in [-0.15, -0.1) is 0 Å². The quantitative estimate of drug-likeness (QED) is 0.770. The number of halogens is 1. The average Bonchev–Trinajstić information content (AvgIpc) is 2.59. The molecule has 0 spiro atoms. The zero-order valence-corrected chi connectivity index (χ0v) is 15.8. The van der Waals surface area contributed by atoms with Gasteiger partial charge in [-0.1, -0.05) is 20.8 Å². The van der Waals surface area contributed by atoms with Crippen LogP contribution in [0.15, 0.2) is 53.4 Å². The van der Waals surface area contributed by atoms with Crippen LogP contribution in [0.5, 0.6) is 0 Å². The molecule has 0 heterocycles. The van der Waals surface area contributed by atoms with Gasteiger partial charge in [0.25, 0.3) is 15.9 Å². The van der Waals surface area contributed by atoms with Gasteiger partial charge >= 0.3 is 0 Å². The summed E-state index contributed by atoms with van der Waals surface area (Å²) in [5.74, 6) is -0.379. The normalized spacial score (nSPS) is 12.7. The van der Waals surface area contributed by atoms with Crippen LogP contribution in [0.4, 0.5) is 10.1 Å². The molecule has 0 radical (unpaired) electrons. The highest BCUT2D eigenvalue weighted by molar-refractivity contribution is 7.92. The predicted octanol–water partition coefficient (Wildman–Crippen LogP) is 3.79. The minimum Gasteiger partial charge on any atom is -0.349 e. The molecule has 26 heavy (non-hydrogen) atoms. The average molecular weight is 378 g/mol. The topological polar surface area (TPSA) is 75.3 Å². The number of sulfonamides is 1. The minimum absolute atomic E-state index is 0.0385. The van der Waals surface area contributed by atoms with Crippen LogP contribution >= 0.6 is 0 Å². The molecule has 2 N–H and O–H groups in total. The second-order valence-electron chi connectivity index (χ2n) is 6.37. The number of hydrogen-bond acceptors (Lipinski definition) is 3. The van der Waals surface area contributed by atoms with Crippen molar-refractivity contribution in [3.8, 4) is 0 Å². The van der Waals surface area contributed by atoms with Crippen molar-refractivity contribution >= 4 is 21.6 Å². The summed E-state index contributed by atoms with van der Waals surface area (Å²) in [6.45, 7) is 6.10. The van der Waals surface area contributed by atoms with Gasteiger partial charge in [-0.2, -0.15) is 0 Å². The molecule has 2 aromatic carbocycles. The zero-order chi connectivity index (χ0) is 19.3. The Kier molecular flexibility index (Phi) is 6.37. The van der Waals surface area contributed by atoms with E-state index < -0.39 is 15.8 Å². The summed E-state index contributed by atoms with van der Waals surface area (Å²) in [6.07, 6.45) is 0.832. The van der Waals surface area contributed by atoms with E-state index >= 15 is 0 Å². The maximum absolute atomic E-state index is 12.9. The van der Waals surface area contributed by atoms with Crippen molar-refractivity contribution in [2.45, 2.75) is 38.1 Å². The third kappa shape index (κ3) is 5.05. The molecule has 0 fully saturated rings. The Balaban J connectivity index is 2.09. The first-order valence-electron chi connectivity index (χ1n) is 8.42. The summed E-state index contributed by atoms with van der Waals surface area (Å²) in [5.41, 5.74) is 0.774. The number of amides is 1. The third-order valence-electron chi connectivity index (χ3n) is 4.08. The van der Waals surface area contributed by atoms with Crippen LogP contribution in [-0.2, 0) is 10.0 Å². The van der Waals surface area contributed by atoms with E-state index in [1.807, 2.05) is 20.8 Å².